The first kappa shape index (κ1) is 15.9. The van der Waals surface area contributed by atoms with Crippen molar-refractivity contribution in [3.8, 4) is 0 Å². The highest BCUT2D eigenvalue weighted by atomic mass is 31.1. The predicted octanol–water partition coefficient (Wildman–Crippen LogP) is 5.16. The molecule has 0 aromatic rings. The molecular formula is C13H30P2. The molecule has 15 heavy (non-hydrogen) atoms. The van der Waals surface area contributed by atoms with Crippen LogP contribution in [0.3, 0.4) is 0 Å². The Labute approximate surface area is 101 Å². The molecule has 0 nitrogen and oxygen atoms in total. The Bertz CT molecular complexity index is 109. The van der Waals surface area contributed by atoms with Gasteiger partial charge >= 0.3 is 0 Å². The number of rotatable bonds is 11. The molecule has 0 aliphatic carbocycles. The van der Waals surface area contributed by atoms with Crippen molar-refractivity contribution in [2.75, 3.05) is 30.8 Å². The minimum atomic E-state index is 0.418. The second-order valence-electron chi connectivity index (χ2n) is 4.30. The molecule has 0 heterocycles. The molecule has 0 aliphatic rings. The van der Waals surface area contributed by atoms with Crippen LogP contribution in [0.2, 0.25) is 0 Å². The van der Waals surface area contributed by atoms with E-state index >= 15 is 0 Å². The Morgan fingerprint density at radius 2 is 1.40 bits per heavy atom. The van der Waals surface area contributed by atoms with Crippen molar-refractivity contribution in [3.63, 3.8) is 0 Å². The lowest BCUT2D eigenvalue weighted by Gasteiger charge is -2.15. The van der Waals surface area contributed by atoms with Gasteiger partial charge in [-0.05, 0) is 43.7 Å². The summed E-state index contributed by atoms with van der Waals surface area (Å²) in [7, 11) is 1.66. The van der Waals surface area contributed by atoms with Gasteiger partial charge in [0, 0.05) is 0 Å². The highest BCUT2D eigenvalue weighted by Crippen LogP contribution is 2.38. The van der Waals surface area contributed by atoms with Crippen LogP contribution in [0.5, 0.6) is 0 Å². The molecule has 1 unspecified atom stereocenters. The van der Waals surface area contributed by atoms with Gasteiger partial charge in [-0.25, -0.2) is 0 Å². The van der Waals surface area contributed by atoms with Gasteiger partial charge in [0.1, 0.15) is 0 Å². The first-order valence-corrected chi connectivity index (χ1v) is 10.1. The number of hydrogen-bond acceptors (Lipinski definition) is 0. The molecule has 0 aromatic carbocycles. The molecule has 0 radical (unpaired) electrons. The second kappa shape index (κ2) is 12.9. The molecular weight excluding hydrogens is 218 g/mol. The maximum atomic E-state index is 2.34. The van der Waals surface area contributed by atoms with Crippen LogP contribution < -0.4 is 0 Å². The summed E-state index contributed by atoms with van der Waals surface area (Å²) < 4.78 is 0. The third-order valence-electron chi connectivity index (χ3n) is 2.58. The molecule has 0 saturated carbocycles. The Morgan fingerprint density at radius 3 is 1.93 bits per heavy atom. The van der Waals surface area contributed by atoms with Crippen molar-refractivity contribution < 1.29 is 0 Å². The summed E-state index contributed by atoms with van der Waals surface area (Å²) in [6.07, 6.45) is 14.8. The third-order valence-corrected chi connectivity index (χ3v) is 7.25. The molecule has 0 spiro atoms. The quantitative estimate of drug-likeness (QED) is 0.350. The van der Waals surface area contributed by atoms with E-state index in [2.05, 4.69) is 20.8 Å². The van der Waals surface area contributed by atoms with Crippen LogP contribution >= 0.6 is 16.5 Å². The monoisotopic (exact) mass is 248 g/mol. The molecule has 0 N–H and O–H groups in total. The molecule has 0 aliphatic heterocycles. The molecule has 0 aromatic heterocycles. The van der Waals surface area contributed by atoms with Crippen molar-refractivity contribution in [1.82, 2.24) is 0 Å². The van der Waals surface area contributed by atoms with Crippen molar-refractivity contribution in [3.05, 3.63) is 0 Å². The average Bonchev–Trinajstić information content (AvgIpc) is 2.24. The minimum Gasteiger partial charge on any atom is -0.122 e. The fraction of sp³-hybridized carbons (Fsp3) is 1.00. The van der Waals surface area contributed by atoms with E-state index in [-0.39, 0.29) is 0 Å². The van der Waals surface area contributed by atoms with Gasteiger partial charge in [0.05, 0.1) is 0 Å². The standard InChI is InChI=1S/C13H30P2/c1-4-9-14-10-7-8-13-15(11-5-2)12-6-3/h14H,4-13H2,1-3H3. The van der Waals surface area contributed by atoms with Crippen LogP contribution in [0.25, 0.3) is 0 Å². The predicted molar refractivity (Wildman–Crippen MR) is 79.7 cm³/mol. The number of unbranched alkanes of at least 4 members (excludes halogenated alkanes) is 1. The Hall–Kier alpha value is 0.860. The topological polar surface area (TPSA) is 0 Å². The van der Waals surface area contributed by atoms with Gasteiger partial charge in [-0.2, -0.15) is 0 Å². The van der Waals surface area contributed by atoms with E-state index in [0.29, 0.717) is 7.92 Å². The van der Waals surface area contributed by atoms with Crippen LogP contribution in [0, 0.1) is 0 Å². The second-order valence-corrected chi connectivity index (χ2v) is 8.48. The van der Waals surface area contributed by atoms with E-state index in [1.165, 1.54) is 65.3 Å². The van der Waals surface area contributed by atoms with Gasteiger partial charge in [-0.3, -0.25) is 0 Å². The Morgan fingerprint density at radius 1 is 0.733 bits per heavy atom. The van der Waals surface area contributed by atoms with Crippen LogP contribution in [0.1, 0.15) is 52.9 Å². The summed E-state index contributed by atoms with van der Waals surface area (Å²) in [4.78, 5) is 0. The molecule has 0 saturated heterocycles. The maximum Gasteiger partial charge on any atom is -0.0326 e. The zero-order valence-electron chi connectivity index (χ0n) is 11.0. The molecule has 0 bridgehead atoms. The van der Waals surface area contributed by atoms with E-state index < -0.39 is 0 Å². The first-order chi connectivity index (χ1) is 7.35. The van der Waals surface area contributed by atoms with Crippen LogP contribution in [0.15, 0.2) is 0 Å². The lowest BCUT2D eigenvalue weighted by Crippen LogP contribution is -1.95. The van der Waals surface area contributed by atoms with Gasteiger partial charge in [0.15, 0.2) is 0 Å². The summed E-state index contributed by atoms with van der Waals surface area (Å²) >= 11 is 0. The molecule has 2 heteroatoms. The summed E-state index contributed by atoms with van der Waals surface area (Å²) in [5.74, 6) is 0. The third kappa shape index (κ3) is 11.1. The molecule has 0 amide bonds. The first-order valence-electron chi connectivity index (χ1n) is 6.78. The maximum absolute atomic E-state index is 2.34. The van der Waals surface area contributed by atoms with Gasteiger partial charge in [-0.15, -0.1) is 16.5 Å². The number of hydrogen-bond donors (Lipinski definition) is 0. The van der Waals surface area contributed by atoms with Crippen molar-refractivity contribution >= 4 is 16.5 Å². The average molecular weight is 248 g/mol. The fourth-order valence-electron chi connectivity index (χ4n) is 1.86. The van der Waals surface area contributed by atoms with Crippen molar-refractivity contribution in [1.29, 1.82) is 0 Å². The fourth-order valence-corrected chi connectivity index (χ4v) is 5.57. The molecule has 1 atom stereocenters. The van der Waals surface area contributed by atoms with Gasteiger partial charge in [-0.1, -0.05) is 40.0 Å². The van der Waals surface area contributed by atoms with E-state index in [0.717, 1.165) is 0 Å². The van der Waals surface area contributed by atoms with Gasteiger partial charge in [0.2, 0.25) is 0 Å². The summed E-state index contributed by atoms with van der Waals surface area (Å²) in [6, 6.07) is 0. The normalized spacial score (nSPS) is 12.0. The molecule has 92 valence electrons. The van der Waals surface area contributed by atoms with Crippen LogP contribution in [-0.2, 0) is 0 Å². The van der Waals surface area contributed by atoms with Gasteiger partial charge in [0.25, 0.3) is 0 Å². The van der Waals surface area contributed by atoms with Gasteiger partial charge < -0.3 is 0 Å². The minimum absolute atomic E-state index is 0.418. The van der Waals surface area contributed by atoms with Crippen molar-refractivity contribution in [2.24, 2.45) is 0 Å². The smallest absolute Gasteiger partial charge is 0.0326 e. The molecule has 0 rings (SSSR count). The summed E-state index contributed by atoms with van der Waals surface area (Å²) in [5, 5.41) is 0. The summed E-state index contributed by atoms with van der Waals surface area (Å²) in [6.45, 7) is 6.98. The van der Waals surface area contributed by atoms with Crippen LogP contribution in [-0.4, -0.2) is 30.8 Å². The van der Waals surface area contributed by atoms with E-state index in [1.807, 2.05) is 0 Å². The Balaban J connectivity index is 3.28. The SMILES string of the molecule is CCCPCCCCP(CCC)CCC. The molecule has 0 fully saturated rings. The van der Waals surface area contributed by atoms with E-state index in [1.54, 1.807) is 6.16 Å². The van der Waals surface area contributed by atoms with Crippen LogP contribution in [0.4, 0.5) is 0 Å². The highest BCUT2D eigenvalue weighted by Gasteiger charge is 2.04. The highest BCUT2D eigenvalue weighted by molar-refractivity contribution is 7.57. The zero-order chi connectivity index (χ0) is 11.4. The zero-order valence-corrected chi connectivity index (χ0v) is 12.9. The van der Waals surface area contributed by atoms with E-state index in [9.17, 15) is 0 Å². The summed E-state index contributed by atoms with van der Waals surface area (Å²) in [5.41, 5.74) is 0. The lowest BCUT2D eigenvalue weighted by molar-refractivity contribution is 0.889. The largest absolute Gasteiger partial charge is 0.122 e. The lowest BCUT2D eigenvalue weighted by atomic mass is 10.4. The Kier molecular flexibility index (Phi) is 13.7. The van der Waals surface area contributed by atoms with Crippen molar-refractivity contribution in [2.45, 2.75) is 52.9 Å². The van der Waals surface area contributed by atoms with E-state index in [4.69, 9.17) is 0 Å².